The maximum atomic E-state index is 12.7. The van der Waals surface area contributed by atoms with Crippen LogP contribution in [0.5, 0.6) is 0 Å². The van der Waals surface area contributed by atoms with E-state index in [4.69, 9.17) is 0 Å². The molecule has 1 aromatic heterocycles. The Morgan fingerprint density at radius 2 is 1.93 bits per heavy atom. The van der Waals surface area contributed by atoms with Crippen molar-refractivity contribution >= 4 is 51.5 Å². The summed E-state index contributed by atoms with van der Waals surface area (Å²) in [6.45, 7) is 1.61. The van der Waals surface area contributed by atoms with E-state index in [1.54, 1.807) is 12.1 Å². The summed E-state index contributed by atoms with van der Waals surface area (Å²) in [4.78, 5) is 38.7. The van der Waals surface area contributed by atoms with Gasteiger partial charge in [0.1, 0.15) is 6.54 Å². The van der Waals surface area contributed by atoms with Gasteiger partial charge >= 0.3 is 0 Å². The molecule has 1 aliphatic rings. The molecule has 7 heteroatoms. The number of amides is 3. The molecule has 1 aliphatic heterocycles. The molecule has 0 spiro atoms. The van der Waals surface area contributed by atoms with E-state index in [0.29, 0.717) is 10.6 Å². The van der Waals surface area contributed by atoms with E-state index in [-0.39, 0.29) is 6.54 Å². The lowest BCUT2D eigenvalue weighted by atomic mass is 10.1. The van der Waals surface area contributed by atoms with Gasteiger partial charge in [-0.3, -0.25) is 19.3 Å². The zero-order valence-corrected chi connectivity index (χ0v) is 16.8. The highest BCUT2D eigenvalue weighted by atomic mass is 32.2. The molecule has 3 aromatic rings. The molecule has 0 atom stereocenters. The van der Waals surface area contributed by atoms with Crippen LogP contribution >= 0.6 is 11.8 Å². The van der Waals surface area contributed by atoms with Crippen LogP contribution in [0.25, 0.3) is 17.0 Å². The Kier molecular flexibility index (Phi) is 4.98. The summed E-state index contributed by atoms with van der Waals surface area (Å²) in [6.07, 6.45) is 3.63. The Bertz CT molecular complexity index is 1180. The SMILES string of the molecule is Cc1cccc(NC(=O)CN2C(=O)SC(=Cc3cn(C)c4ccccc34)C2=O)c1. The average molecular weight is 405 g/mol. The second-order valence-electron chi connectivity index (χ2n) is 6.90. The molecule has 0 saturated carbocycles. The summed E-state index contributed by atoms with van der Waals surface area (Å²) in [7, 11) is 1.93. The van der Waals surface area contributed by atoms with Crippen LogP contribution in [0.2, 0.25) is 0 Å². The maximum Gasteiger partial charge on any atom is 0.294 e. The van der Waals surface area contributed by atoms with Crippen molar-refractivity contribution in [2.24, 2.45) is 7.05 Å². The quantitative estimate of drug-likeness (QED) is 0.662. The Hall–Kier alpha value is -3.32. The van der Waals surface area contributed by atoms with Crippen molar-refractivity contribution in [3.8, 4) is 0 Å². The highest BCUT2D eigenvalue weighted by molar-refractivity contribution is 8.18. The van der Waals surface area contributed by atoms with E-state index in [2.05, 4.69) is 5.32 Å². The van der Waals surface area contributed by atoms with E-state index >= 15 is 0 Å². The number of aryl methyl sites for hydroxylation is 2. The summed E-state index contributed by atoms with van der Waals surface area (Å²) in [5.41, 5.74) is 3.54. The van der Waals surface area contributed by atoms with Gasteiger partial charge in [-0.1, -0.05) is 30.3 Å². The highest BCUT2D eigenvalue weighted by Gasteiger charge is 2.36. The van der Waals surface area contributed by atoms with Crippen molar-refractivity contribution in [3.63, 3.8) is 0 Å². The third kappa shape index (κ3) is 3.82. The Morgan fingerprint density at radius 1 is 1.14 bits per heavy atom. The molecular weight excluding hydrogens is 386 g/mol. The predicted molar refractivity (Wildman–Crippen MR) is 115 cm³/mol. The largest absolute Gasteiger partial charge is 0.350 e. The molecule has 1 fully saturated rings. The molecule has 6 nitrogen and oxygen atoms in total. The molecule has 0 radical (unpaired) electrons. The number of fused-ring (bicyclic) bond motifs is 1. The van der Waals surface area contributed by atoms with E-state index in [9.17, 15) is 14.4 Å². The molecule has 2 aromatic carbocycles. The summed E-state index contributed by atoms with van der Waals surface area (Å²) in [6, 6.07) is 15.2. The van der Waals surface area contributed by atoms with Crippen LogP contribution in [0.15, 0.2) is 59.6 Å². The number of para-hydroxylation sites is 1. The van der Waals surface area contributed by atoms with Crippen LogP contribution in [0.4, 0.5) is 10.5 Å². The topological polar surface area (TPSA) is 71.4 Å². The average Bonchev–Trinajstić information content (AvgIpc) is 3.13. The van der Waals surface area contributed by atoms with Crippen LogP contribution in [0.3, 0.4) is 0 Å². The zero-order chi connectivity index (χ0) is 20.5. The number of nitrogens with zero attached hydrogens (tertiary/aromatic N) is 2. The third-order valence-electron chi connectivity index (χ3n) is 4.69. The molecule has 3 amide bonds. The van der Waals surface area contributed by atoms with Crippen LogP contribution in [0, 0.1) is 6.92 Å². The van der Waals surface area contributed by atoms with Gasteiger partial charge in [-0.05, 0) is 48.5 Å². The minimum absolute atomic E-state index is 0.314. The van der Waals surface area contributed by atoms with Crippen LogP contribution in [-0.2, 0) is 16.6 Å². The first-order valence-electron chi connectivity index (χ1n) is 9.08. The van der Waals surface area contributed by atoms with Gasteiger partial charge in [0.15, 0.2) is 0 Å². The Balaban J connectivity index is 1.52. The number of nitrogens with one attached hydrogen (secondary N) is 1. The summed E-state index contributed by atoms with van der Waals surface area (Å²) in [5.74, 6) is -0.864. The van der Waals surface area contributed by atoms with Crippen molar-refractivity contribution in [2.45, 2.75) is 6.92 Å². The number of thioether (sulfide) groups is 1. The van der Waals surface area contributed by atoms with Gasteiger partial charge in [0.25, 0.3) is 11.1 Å². The highest BCUT2D eigenvalue weighted by Crippen LogP contribution is 2.33. The third-order valence-corrected chi connectivity index (χ3v) is 5.60. The van der Waals surface area contributed by atoms with Crippen molar-refractivity contribution in [3.05, 3.63) is 70.8 Å². The van der Waals surface area contributed by atoms with Crippen LogP contribution in [-0.4, -0.2) is 33.1 Å². The maximum absolute atomic E-state index is 12.7. The van der Waals surface area contributed by atoms with E-state index < -0.39 is 17.1 Å². The van der Waals surface area contributed by atoms with Gasteiger partial charge in [-0.15, -0.1) is 0 Å². The standard InChI is InChI=1S/C22H19N3O3S/c1-14-6-5-7-16(10-14)23-20(26)13-25-21(27)19(29-22(25)28)11-15-12-24(2)18-9-4-3-8-17(15)18/h3-12H,13H2,1-2H3,(H,23,26). The van der Waals surface area contributed by atoms with E-state index in [1.807, 2.05) is 67.2 Å². The second kappa shape index (κ2) is 7.60. The minimum atomic E-state index is -0.452. The van der Waals surface area contributed by atoms with Crippen LogP contribution < -0.4 is 5.32 Å². The fourth-order valence-corrected chi connectivity index (χ4v) is 4.16. The number of anilines is 1. The van der Waals surface area contributed by atoms with Crippen molar-refractivity contribution in [1.29, 1.82) is 0 Å². The number of carbonyl (C=O) groups is 3. The molecular formula is C22H19N3O3S. The first kappa shape index (κ1) is 19.0. The minimum Gasteiger partial charge on any atom is -0.350 e. The number of aromatic nitrogens is 1. The lowest BCUT2D eigenvalue weighted by molar-refractivity contribution is -0.127. The summed E-state index contributed by atoms with van der Waals surface area (Å²) < 4.78 is 1.97. The Labute approximate surface area is 172 Å². The van der Waals surface area contributed by atoms with Gasteiger partial charge in [0.05, 0.1) is 4.91 Å². The Morgan fingerprint density at radius 3 is 2.72 bits per heavy atom. The molecule has 0 bridgehead atoms. The van der Waals surface area contributed by atoms with E-state index in [0.717, 1.165) is 38.7 Å². The van der Waals surface area contributed by atoms with Gasteiger partial charge in [0, 0.05) is 35.4 Å². The van der Waals surface area contributed by atoms with Gasteiger partial charge in [-0.25, -0.2) is 0 Å². The smallest absolute Gasteiger partial charge is 0.294 e. The summed E-state index contributed by atoms with van der Waals surface area (Å²) in [5, 5.41) is 3.28. The molecule has 0 aliphatic carbocycles. The molecule has 146 valence electrons. The van der Waals surface area contributed by atoms with Crippen molar-refractivity contribution < 1.29 is 14.4 Å². The zero-order valence-electron chi connectivity index (χ0n) is 16.0. The lowest BCUT2D eigenvalue weighted by Gasteiger charge is -2.12. The second-order valence-corrected chi connectivity index (χ2v) is 7.89. The molecule has 29 heavy (non-hydrogen) atoms. The fraction of sp³-hybridized carbons (Fsp3) is 0.136. The number of hydrogen-bond acceptors (Lipinski definition) is 4. The first-order chi connectivity index (χ1) is 13.9. The number of benzene rings is 2. The first-order valence-corrected chi connectivity index (χ1v) is 9.90. The normalized spacial score (nSPS) is 15.5. The lowest BCUT2D eigenvalue weighted by Crippen LogP contribution is -2.36. The van der Waals surface area contributed by atoms with E-state index in [1.165, 1.54) is 0 Å². The van der Waals surface area contributed by atoms with Gasteiger partial charge < -0.3 is 9.88 Å². The fourth-order valence-electron chi connectivity index (χ4n) is 3.33. The number of hydrogen-bond donors (Lipinski definition) is 1. The van der Waals surface area contributed by atoms with Crippen molar-refractivity contribution in [2.75, 3.05) is 11.9 Å². The molecule has 1 N–H and O–H groups in total. The molecule has 2 heterocycles. The predicted octanol–water partition coefficient (Wildman–Crippen LogP) is 4.16. The van der Waals surface area contributed by atoms with Crippen molar-refractivity contribution in [1.82, 2.24) is 9.47 Å². The number of carbonyl (C=O) groups excluding carboxylic acids is 3. The monoisotopic (exact) mass is 405 g/mol. The van der Waals surface area contributed by atoms with Crippen LogP contribution in [0.1, 0.15) is 11.1 Å². The number of rotatable bonds is 4. The molecule has 4 rings (SSSR count). The summed E-state index contributed by atoms with van der Waals surface area (Å²) >= 11 is 0.854. The van der Waals surface area contributed by atoms with Gasteiger partial charge in [-0.2, -0.15) is 0 Å². The molecule has 1 saturated heterocycles. The van der Waals surface area contributed by atoms with Gasteiger partial charge in [0.2, 0.25) is 5.91 Å². The number of imide groups is 1. The molecule has 0 unspecified atom stereocenters.